The van der Waals surface area contributed by atoms with E-state index in [0.29, 0.717) is 31.9 Å². The van der Waals surface area contributed by atoms with E-state index in [2.05, 4.69) is 4.74 Å². The van der Waals surface area contributed by atoms with Crippen LogP contribution in [0.2, 0.25) is 0 Å². The molecule has 2 aliphatic heterocycles. The molecule has 0 N–H and O–H groups in total. The van der Waals surface area contributed by atoms with Gasteiger partial charge in [0.2, 0.25) is 5.91 Å². The summed E-state index contributed by atoms with van der Waals surface area (Å²) in [6.07, 6.45) is 1.45. The third-order valence-corrected chi connectivity index (χ3v) is 4.99. The van der Waals surface area contributed by atoms with E-state index in [9.17, 15) is 19.2 Å². The first-order valence-corrected chi connectivity index (χ1v) is 9.68. The van der Waals surface area contributed by atoms with Gasteiger partial charge in [-0.25, -0.2) is 9.59 Å². The Bertz CT molecular complexity index is 818. The number of morpholine rings is 1. The first-order chi connectivity index (χ1) is 14.5. The van der Waals surface area contributed by atoms with Gasteiger partial charge in [-0.1, -0.05) is 18.2 Å². The van der Waals surface area contributed by atoms with Gasteiger partial charge in [-0.2, -0.15) is 0 Å². The number of carbonyl (C=O) groups excluding carboxylic acids is 4. The predicted molar refractivity (Wildman–Crippen MR) is 104 cm³/mol. The fraction of sp³-hybridized carbons (Fsp3) is 0.429. The third kappa shape index (κ3) is 5.24. The molecule has 0 aromatic heterocycles. The standard InChI is InChI=1S/C21H24N2O7/c1-28-18(24)7-8-19(25)30-16-13-17(21(27)22-9-11-29-12-10-22)23(14-16)20(26)15-5-3-2-4-6-15/h2-8,16-17H,9-14H2,1H3/b8-7+/t16-,17+/m1/s1. The smallest absolute Gasteiger partial charge is 0.331 e. The maximum Gasteiger partial charge on any atom is 0.331 e. The van der Waals surface area contributed by atoms with Crippen molar-refractivity contribution in [3.8, 4) is 0 Å². The van der Waals surface area contributed by atoms with Gasteiger partial charge in [-0.3, -0.25) is 9.59 Å². The van der Waals surface area contributed by atoms with Gasteiger partial charge in [0.15, 0.2) is 0 Å². The average Bonchev–Trinajstić information content (AvgIpc) is 3.21. The molecule has 1 aromatic rings. The van der Waals surface area contributed by atoms with E-state index >= 15 is 0 Å². The van der Waals surface area contributed by atoms with Gasteiger partial charge in [-0.15, -0.1) is 0 Å². The summed E-state index contributed by atoms with van der Waals surface area (Å²) in [4.78, 5) is 52.4. The van der Waals surface area contributed by atoms with Crippen molar-refractivity contribution < 1.29 is 33.4 Å². The molecule has 2 aliphatic rings. The first-order valence-electron chi connectivity index (χ1n) is 9.68. The van der Waals surface area contributed by atoms with Gasteiger partial charge < -0.3 is 24.0 Å². The van der Waals surface area contributed by atoms with E-state index in [1.807, 2.05) is 0 Å². The van der Waals surface area contributed by atoms with Crippen LogP contribution in [0.25, 0.3) is 0 Å². The van der Waals surface area contributed by atoms with Crippen molar-refractivity contribution in [1.82, 2.24) is 9.80 Å². The first kappa shape index (κ1) is 21.5. The zero-order valence-electron chi connectivity index (χ0n) is 16.7. The number of nitrogens with zero attached hydrogens (tertiary/aromatic N) is 2. The molecule has 0 radical (unpaired) electrons. The molecule has 0 bridgehead atoms. The van der Waals surface area contributed by atoms with Crippen molar-refractivity contribution in [2.24, 2.45) is 0 Å². The normalized spacial score (nSPS) is 21.5. The Morgan fingerprint density at radius 1 is 1.03 bits per heavy atom. The monoisotopic (exact) mass is 416 g/mol. The Kier molecular flexibility index (Phi) is 7.18. The summed E-state index contributed by atoms with van der Waals surface area (Å²) < 4.78 is 15.1. The van der Waals surface area contributed by atoms with E-state index in [1.54, 1.807) is 35.2 Å². The number of rotatable bonds is 5. The summed E-state index contributed by atoms with van der Waals surface area (Å²) in [6, 6.07) is 7.91. The van der Waals surface area contributed by atoms with E-state index in [-0.39, 0.29) is 24.8 Å². The fourth-order valence-corrected chi connectivity index (χ4v) is 3.49. The molecule has 0 aliphatic carbocycles. The van der Waals surface area contributed by atoms with Crippen molar-refractivity contribution in [2.45, 2.75) is 18.6 Å². The van der Waals surface area contributed by atoms with Crippen LogP contribution >= 0.6 is 0 Å². The molecule has 2 saturated heterocycles. The lowest BCUT2D eigenvalue weighted by Crippen LogP contribution is -2.51. The number of carbonyl (C=O) groups is 4. The van der Waals surface area contributed by atoms with Gasteiger partial charge in [0.25, 0.3) is 5.91 Å². The van der Waals surface area contributed by atoms with E-state index < -0.39 is 24.1 Å². The minimum absolute atomic E-state index is 0.0896. The lowest BCUT2D eigenvalue weighted by molar-refractivity contribution is -0.144. The van der Waals surface area contributed by atoms with Crippen LogP contribution in [-0.4, -0.2) is 85.7 Å². The fourth-order valence-electron chi connectivity index (χ4n) is 3.49. The van der Waals surface area contributed by atoms with Crippen LogP contribution in [0.1, 0.15) is 16.8 Å². The Morgan fingerprint density at radius 3 is 2.37 bits per heavy atom. The molecule has 30 heavy (non-hydrogen) atoms. The molecule has 2 fully saturated rings. The largest absolute Gasteiger partial charge is 0.466 e. The lowest BCUT2D eigenvalue weighted by Gasteiger charge is -2.32. The molecular weight excluding hydrogens is 392 g/mol. The van der Waals surface area contributed by atoms with E-state index in [1.165, 1.54) is 12.0 Å². The topological polar surface area (TPSA) is 102 Å². The van der Waals surface area contributed by atoms with Crippen molar-refractivity contribution in [3.63, 3.8) is 0 Å². The van der Waals surface area contributed by atoms with Crippen molar-refractivity contribution >= 4 is 23.8 Å². The molecule has 0 unspecified atom stereocenters. The second kappa shape index (κ2) is 10.0. The quantitative estimate of drug-likeness (QED) is 0.506. The van der Waals surface area contributed by atoms with Crippen LogP contribution in [0, 0.1) is 0 Å². The zero-order valence-corrected chi connectivity index (χ0v) is 16.7. The highest BCUT2D eigenvalue weighted by molar-refractivity contribution is 5.98. The van der Waals surface area contributed by atoms with Crippen LogP contribution in [0.3, 0.4) is 0 Å². The summed E-state index contributed by atoms with van der Waals surface area (Å²) in [5.74, 6) is -1.91. The van der Waals surface area contributed by atoms with Crippen molar-refractivity contribution in [1.29, 1.82) is 0 Å². The summed E-state index contributed by atoms with van der Waals surface area (Å²) in [6.45, 7) is 1.89. The maximum atomic E-state index is 13.1. The highest BCUT2D eigenvalue weighted by atomic mass is 16.5. The van der Waals surface area contributed by atoms with Crippen LogP contribution < -0.4 is 0 Å². The number of methoxy groups -OCH3 is 1. The molecule has 9 nitrogen and oxygen atoms in total. The van der Waals surface area contributed by atoms with Crippen molar-refractivity contribution in [3.05, 3.63) is 48.0 Å². The van der Waals surface area contributed by atoms with Gasteiger partial charge in [0.1, 0.15) is 12.1 Å². The van der Waals surface area contributed by atoms with Gasteiger partial charge in [0, 0.05) is 37.2 Å². The number of likely N-dealkylation sites (tertiary alicyclic amines) is 1. The number of hydrogen-bond donors (Lipinski definition) is 0. The molecule has 160 valence electrons. The minimum Gasteiger partial charge on any atom is -0.466 e. The number of esters is 2. The molecule has 1 aromatic carbocycles. The van der Waals surface area contributed by atoms with Crippen LogP contribution in [0.4, 0.5) is 0 Å². The molecule has 9 heteroatoms. The maximum absolute atomic E-state index is 13.1. The van der Waals surface area contributed by atoms with Crippen LogP contribution in [-0.2, 0) is 28.6 Å². The molecular formula is C21H24N2O7. The Balaban J connectivity index is 1.74. The van der Waals surface area contributed by atoms with Crippen LogP contribution in [0.15, 0.2) is 42.5 Å². The average molecular weight is 416 g/mol. The Morgan fingerprint density at radius 2 is 1.70 bits per heavy atom. The molecule has 2 amide bonds. The van der Waals surface area contributed by atoms with Gasteiger partial charge in [0.05, 0.1) is 26.9 Å². The second-order valence-electron chi connectivity index (χ2n) is 6.93. The highest BCUT2D eigenvalue weighted by Gasteiger charge is 2.43. The molecule has 0 saturated carbocycles. The molecule has 2 heterocycles. The van der Waals surface area contributed by atoms with Gasteiger partial charge >= 0.3 is 11.9 Å². The van der Waals surface area contributed by atoms with Gasteiger partial charge in [-0.05, 0) is 12.1 Å². The zero-order chi connectivity index (χ0) is 21.5. The number of benzene rings is 1. The Labute approximate surface area is 174 Å². The number of hydrogen-bond acceptors (Lipinski definition) is 7. The highest BCUT2D eigenvalue weighted by Crippen LogP contribution is 2.25. The summed E-state index contributed by atoms with van der Waals surface area (Å²) >= 11 is 0. The number of ether oxygens (including phenoxy) is 3. The van der Waals surface area contributed by atoms with E-state index in [4.69, 9.17) is 9.47 Å². The molecule has 3 rings (SSSR count). The van der Waals surface area contributed by atoms with E-state index in [0.717, 1.165) is 12.2 Å². The molecule has 0 spiro atoms. The SMILES string of the molecule is COC(=O)/C=C/C(=O)O[C@@H]1C[C@@H](C(=O)N2CCOCC2)N(C(=O)c2ccccc2)C1. The minimum atomic E-state index is -0.739. The number of amides is 2. The third-order valence-electron chi connectivity index (χ3n) is 4.99. The Hall–Kier alpha value is -3.20. The summed E-state index contributed by atoms with van der Waals surface area (Å²) in [5.41, 5.74) is 0.454. The van der Waals surface area contributed by atoms with Crippen molar-refractivity contribution in [2.75, 3.05) is 40.0 Å². The summed E-state index contributed by atoms with van der Waals surface area (Å²) in [7, 11) is 1.20. The lowest BCUT2D eigenvalue weighted by atomic mass is 10.1. The molecule has 2 atom stereocenters. The predicted octanol–water partition coefficient (Wildman–Crippen LogP) is 0.401. The summed E-state index contributed by atoms with van der Waals surface area (Å²) in [5, 5.41) is 0. The van der Waals surface area contributed by atoms with Crippen LogP contribution in [0.5, 0.6) is 0 Å². The second-order valence-corrected chi connectivity index (χ2v) is 6.93.